The fraction of sp³-hybridized carbons (Fsp3) is 0.333. The molecule has 1 rings (SSSR count). The van der Waals surface area contributed by atoms with E-state index in [9.17, 15) is 17.6 Å². The van der Waals surface area contributed by atoms with Crippen LogP contribution >= 0.6 is 0 Å². The molecule has 0 heterocycles. The van der Waals surface area contributed by atoms with E-state index in [1.165, 1.54) is 6.07 Å². The van der Waals surface area contributed by atoms with E-state index in [-0.39, 0.29) is 5.56 Å². The molecule has 0 saturated heterocycles. The Bertz CT molecular complexity index is 398. The van der Waals surface area contributed by atoms with E-state index in [2.05, 4.69) is 6.58 Å². The van der Waals surface area contributed by atoms with Crippen molar-refractivity contribution >= 4 is 0 Å². The van der Waals surface area contributed by atoms with Crippen LogP contribution < -0.4 is 5.73 Å². The van der Waals surface area contributed by atoms with Crippen molar-refractivity contribution in [3.8, 4) is 0 Å². The first kappa shape index (κ1) is 13.7. The maximum Gasteiger partial charge on any atom is 0.419 e. The van der Waals surface area contributed by atoms with Gasteiger partial charge in [-0.15, -0.1) is 6.58 Å². The predicted molar refractivity (Wildman–Crippen MR) is 57.8 cm³/mol. The minimum atomic E-state index is -4.70. The van der Waals surface area contributed by atoms with Crippen molar-refractivity contribution < 1.29 is 17.6 Å². The molecule has 0 bridgehead atoms. The van der Waals surface area contributed by atoms with Gasteiger partial charge in [0.05, 0.1) is 5.56 Å². The summed E-state index contributed by atoms with van der Waals surface area (Å²) >= 11 is 0. The van der Waals surface area contributed by atoms with Crippen molar-refractivity contribution in [1.82, 2.24) is 0 Å². The number of hydrogen-bond acceptors (Lipinski definition) is 1. The Morgan fingerprint density at radius 1 is 1.35 bits per heavy atom. The van der Waals surface area contributed by atoms with E-state index in [4.69, 9.17) is 5.73 Å². The Balaban J connectivity index is 3.06. The molecule has 1 aromatic rings. The zero-order valence-corrected chi connectivity index (χ0v) is 9.10. The fourth-order valence-electron chi connectivity index (χ4n) is 1.51. The highest BCUT2D eigenvalue weighted by molar-refractivity contribution is 5.30. The molecule has 94 valence electrons. The average Bonchev–Trinajstić information content (AvgIpc) is 2.24. The summed E-state index contributed by atoms with van der Waals surface area (Å²) in [6, 6.07) is 2.39. The van der Waals surface area contributed by atoms with Gasteiger partial charge in [-0.3, -0.25) is 0 Å². The maximum absolute atomic E-state index is 13.6. The summed E-state index contributed by atoms with van der Waals surface area (Å²) in [6.45, 7) is 3.48. The normalized spacial score (nSPS) is 13.5. The monoisotopic (exact) mass is 247 g/mol. The summed E-state index contributed by atoms with van der Waals surface area (Å²) in [5.74, 6) is -1.28. The lowest BCUT2D eigenvalue weighted by molar-refractivity contribution is -0.140. The van der Waals surface area contributed by atoms with Gasteiger partial charge in [-0.2, -0.15) is 13.2 Å². The van der Waals surface area contributed by atoms with Gasteiger partial charge < -0.3 is 5.73 Å². The maximum atomic E-state index is 13.6. The molecule has 1 atom stereocenters. The molecule has 0 unspecified atom stereocenters. The second-order valence-electron chi connectivity index (χ2n) is 3.68. The minimum Gasteiger partial charge on any atom is -0.324 e. The van der Waals surface area contributed by atoms with Gasteiger partial charge in [0.25, 0.3) is 0 Å². The molecule has 0 fully saturated rings. The van der Waals surface area contributed by atoms with Gasteiger partial charge in [0.2, 0.25) is 0 Å². The highest BCUT2D eigenvalue weighted by Crippen LogP contribution is 2.34. The van der Waals surface area contributed by atoms with Crippen LogP contribution in [0.5, 0.6) is 0 Å². The number of halogens is 4. The minimum absolute atomic E-state index is 0.110. The summed E-state index contributed by atoms with van der Waals surface area (Å²) in [5, 5.41) is 0. The molecule has 0 aromatic heterocycles. The molecule has 5 heteroatoms. The molecular weight excluding hydrogens is 234 g/mol. The van der Waals surface area contributed by atoms with Gasteiger partial charge >= 0.3 is 6.18 Å². The Morgan fingerprint density at radius 2 is 2.00 bits per heavy atom. The van der Waals surface area contributed by atoms with Crippen molar-refractivity contribution in [3.63, 3.8) is 0 Å². The van der Waals surface area contributed by atoms with Gasteiger partial charge in [0.15, 0.2) is 0 Å². The first-order valence-corrected chi connectivity index (χ1v) is 5.10. The molecule has 0 amide bonds. The number of rotatable bonds is 4. The molecule has 0 radical (unpaired) electrons. The molecule has 0 aliphatic carbocycles. The molecule has 1 nitrogen and oxygen atoms in total. The van der Waals surface area contributed by atoms with E-state index in [1.54, 1.807) is 6.08 Å². The molecule has 0 aliphatic heterocycles. The molecular formula is C12H13F4N. The zero-order valence-electron chi connectivity index (χ0n) is 9.10. The van der Waals surface area contributed by atoms with E-state index in [1.807, 2.05) is 0 Å². The topological polar surface area (TPSA) is 26.0 Å². The lowest BCUT2D eigenvalue weighted by Gasteiger charge is -2.15. The summed E-state index contributed by atoms with van der Waals surface area (Å²) in [5.41, 5.74) is 4.26. The smallest absolute Gasteiger partial charge is 0.324 e. The number of nitrogens with two attached hydrogens (primary N) is 1. The SMILES string of the molecule is C=CCC[C@@H](N)c1cccc(C(F)(F)F)c1F. The Kier molecular flexibility index (Phi) is 4.28. The third kappa shape index (κ3) is 3.30. The van der Waals surface area contributed by atoms with Crippen LogP contribution in [0.15, 0.2) is 30.9 Å². The van der Waals surface area contributed by atoms with Crippen molar-refractivity contribution in [2.45, 2.75) is 25.1 Å². The predicted octanol–water partition coefficient (Wildman–Crippen LogP) is 3.81. The van der Waals surface area contributed by atoms with Crippen LogP contribution in [0, 0.1) is 5.82 Å². The van der Waals surface area contributed by atoms with Gasteiger partial charge in [0.1, 0.15) is 5.82 Å². The van der Waals surface area contributed by atoms with Gasteiger partial charge in [-0.05, 0) is 18.9 Å². The Hall–Kier alpha value is -1.36. The first-order chi connectivity index (χ1) is 7.88. The number of benzene rings is 1. The summed E-state index contributed by atoms with van der Waals surface area (Å²) in [4.78, 5) is 0. The largest absolute Gasteiger partial charge is 0.419 e. The van der Waals surface area contributed by atoms with Crippen LogP contribution in [0.3, 0.4) is 0 Å². The Labute approximate surface area is 96.9 Å². The van der Waals surface area contributed by atoms with Crippen molar-refractivity contribution in [3.05, 3.63) is 47.8 Å². The molecule has 17 heavy (non-hydrogen) atoms. The lowest BCUT2D eigenvalue weighted by atomic mass is 9.99. The summed E-state index contributed by atoms with van der Waals surface area (Å²) < 4.78 is 51.0. The standard InChI is InChI=1S/C12H13F4N/c1-2-3-7-10(17)8-5-4-6-9(11(8)13)12(14,15)16/h2,4-6,10H,1,3,7,17H2/t10-/m1/s1. The third-order valence-corrected chi connectivity index (χ3v) is 2.42. The fourth-order valence-corrected chi connectivity index (χ4v) is 1.51. The van der Waals surface area contributed by atoms with E-state index in [0.29, 0.717) is 18.9 Å². The van der Waals surface area contributed by atoms with Crippen molar-refractivity contribution in [1.29, 1.82) is 0 Å². The number of allylic oxidation sites excluding steroid dienone is 1. The van der Waals surface area contributed by atoms with E-state index >= 15 is 0 Å². The lowest BCUT2D eigenvalue weighted by Crippen LogP contribution is -2.16. The zero-order chi connectivity index (χ0) is 13.1. The van der Waals surface area contributed by atoms with Crippen LogP contribution in [-0.4, -0.2) is 0 Å². The number of hydrogen-bond donors (Lipinski definition) is 1. The highest BCUT2D eigenvalue weighted by atomic mass is 19.4. The molecule has 0 spiro atoms. The average molecular weight is 247 g/mol. The molecule has 2 N–H and O–H groups in total. The van der Waals surface area contributed by atoms with Crippen LogP contribution in [0.25, 0.3) is 0 Å². The highest BCUT2D eigenvalue weighted by Gasteiger charge is 2.35. The molecule has 1 aromatic carbocycles. The third-order valence-electron chi connectivity index (χ3n) is 2.42. The molecule has 0 saturated carbocycles. The van der Waals surface area contributed by atoms with Gasteiger partial charge in [-0.25, -0.2) is 4.39 Å². The van der Waals surface area contributed by atoms with Crippen LogP contribution in [0.1, 0.15) is 30.0 Å². The van der Waals surface area contributed by atoms with E-state index in [0.717, 1.165) is 6.07 Å². The van der Waals surface area contributed by atoms with Gasteiger partial charge in [0, 0.05) is 11.6 Å². The molecule has 0 aliphatic rings. The first-order valence-electron chi connectivity index (χ1n) is 5.10. The Morgan fingerprint density at radius 3 is 2.53 bits per heavy atom. The summed E-state index contributed by atoms with van der Waals surface area (Å²) in [6.07, 6.45) is -2.22. The van der Waals surface area contributed by atoms with Crippen molar-refractivity contribution in [2.24, 2.45) is 5.73 Å². The van der Waals surface area contributed by atoms with Gasteiger partial charge in [-0.1, -0.05) is 18.2 Å². The van der Waals surface area contributed by atoms with Crippen LogP contribution in [-0.2, 0) is 6.18 Å². The quantitative estimate of drug-likeness (QED) is 0.635. The van der Waals surface area contributed by atoms with Crippen LogP contribution in [0.2, 0.25) is 0 Å². The number of alkyl halides is 3. The van der Waals surface area contributed by atoms with E-state index < -0.39 is 23.6 Å². The van der Waals surface area contributed by atoms with Crippen LogP contribution in [0.4, 0.5) is 17.6 Å². The van der Waals surface area contributed by atoms with Crippen molar-refractivity contribution in [2.75, 3.05) is 0 Å². The second kappa shape index (κ2) is 5.31. The summed E-state index contributed by atoms with van der Waals surface area (Å²) in [7, 11) is 0. The second-order valence-corrected chi connectivity index (χ2v) is 3.68.